The maximum Gasteiger partial charge on any atom is 0.119 e. The molecule has 0 aliphatic carbocycles. The van der Waals surface area contributed by atoms with Crippen molar-refractivity contribution >= 4 is 22.6 Å². The van der Waals surface area contributed by atoms with Gasteiger partial charge in [-0.2, -0.15) is 0 Å². The minimum atomic E-state index is 0.000220. The summed E-state index contributed by atoms with van der Waals surface area (Å²) in [6, 6.07) is 16.6. The Hall–Kier alpha value is -1.07. The summed E-state index contributed by atoms with van der Waals surface area (Å²) in [5.41, 5.74) is 8.69. The number of hydrogen-bond acceptors (Lipinski definition) is 2. The van der Waals surface area contributed by atoms with Crippen LogP contribution in [-0.2, 0) is 6.42 Å². The summed E-state index contributed by atoms with van der Waals surface area (Å²) < 4.78 is 6.90. The van der Waals surface area contributed by atoms with Gasteiger partial charge in [-0.05, 0) is 70.8 Å². The van der Waals surface area contributed by atoms with Crippen LogP contribution in [0, 0.1) is 3.57 Å². The van der Waals surface area contributed by atoms with Gasteiger partial charge in [0.2, 0.25) is 0 Å². The molecule has 0 aromatic heterocycles. The highest BCUT2D eigenvalue weighted by molar-refractivity contribution is 14.1. The first kappa shape index (κ1) is 15.3. The van der Waals surface area contributed by atoms with E-state index in [0.717, 1.165) is 30.8 Å². The number of halogens is 1. The highest BCUT2D eigenvalue weighted by Crippen LogP contribution is 2.21. The normalized spacial score (nSPS) is 12.2. The number of nitrogens with two attached hydrogens (primary N) is 1. The Morgan fingerprint density at radius 3 is 2.60 bits per heavy atom. The largest absolute Gasteiger partial charge is 0.494 e. The molecule has 0 radical (unpaired) electrons. The van der Waals surface area contributed by atoms with Gasteiger partial charge in [0, 0.05) is 9.61 Å². The third-order valence-corrected chi connectivity index (χ3v) is 3.85. The summed E-state index contributed by atoms with van der Waals surface area (Å²) in [6.07, 6.45) is 1.85. The predicted molar refractivity (Wildman–Crippen MR) is 92.0 cm³/mol. The van der Waals surface area contributed by atoms with E-state index in [1.807, 2.05) is 18.2 Å². The molecule has 0 amide bonds. The molecule has 0 heterocycles. The number of benzene rings is 2. The van der Waals surface area contributed by atoms with Crippen LogP contribution in [0.4, 0.5) is 0 Å². The van der Waals surface area contributed by atoms with E-state index in [0.29, 0.717) is 0 Å². The van der Waals surface area contributed by atoms with Gasteiger partial charge in [0.25, 0.3) is 0 Å². The Balaban J connectivity index is 2.04. The summed E-state index contributed by atoms with van der Waals surface area (Å²) in [7, 11) is 0. The Morgan fingerprint density at radius 2 is 1.90 bits per heavy atom. The number of rotatable bonds is 6. The molecule has 2 rings (SSSR count). The van der Waals surface area contributed by atoms with E-state index >= 15 is 0 Å². The maximum absolute atomic E-state index is 6.31. The van der Waals surface area contributed by atoms with E-state index in [1.54, 1.807) is 0 Å². The lowest BCUT2D eigenvalue weighted by atomic mass is 9.99. The van der Waals surface area contributed by atoms with Crippen molar-refractivity contribution in [1.82, 2.24) is 0 Å². The molecule has 106 valence electrons. The fourth-order valence-corrected chi connectivity index (χ4v) is 2.41. The van der Waals surface area contributed by atoms with E-state index in [-0.39, 0.29) is 6.04 Å². The standard InChI is InChI=1S/C17H20INO/c1-2-10-20-16-5-3-4-14(12-16)17(19)11-13-6-8-15(18)9-7-13/h3-9,12,17H,2,10-11,19H2,1H3. The summed E-state index contributed by atoms with van der Waals surface area (Å²) in [5.74, 6) is 0.905. The molecule has 0 aliphatic rings. The maximum atomic E-state index is 6.31. The first-order chi connectivity index (χ1) is 9.69. The average Bonchev–Trinajstić information content (AvgIpc) is 2.48. The fourth-order valence-electron chi connectivity index (χ4n) is 2.05. The van der Waals surface area contributed by atoms with E-state index < -0.39 is 0 Å². The SMILES string of the molecule is CCCOc1cccc(C(N)Cc2ccc(I)cc2)c1. The fraction of sp³-hybridized carbons (Fsp3) is 0.294. The molecular formula is C17H20INO. The minimum absolute atomic E-state index is 0.000220. The van der Waals surface area contributed by atoms with E-state index in [1.165, 1.54) is 9.13 Å². The van der Waals surface area contributed by atoms with Crippen molar-refractivity contribution in [3.8, 4) is 5.75 Å². The van der Waals surface area contributed by atoms with Crippen LogP contribution < -0.4 is 10.5 Å². The van der Waals surface area contributed by atoms with Crippen LogP contribution in [0.15, 0.2) is 48.5 Å². The van der Waals surface area contributed by atoms with Gasteiger partial charge in [-0.1, -0.05) is 31.2 Å². The molecule has 2 N–H and O–H groups in total. The summed E-state index contributed by atoms with van der Waals surface area (Å²) in [6.45, 7) is 2.85. The summed E-state index contributed by atoms with van der Waals surface area (Å²) >= 11 is 2.31. The highest BCUT2D eigenvalue weighted by atomic mass is 127. The zero-order valence-electron chi connectivity index (χ0n) is 11.7. The lowest BCUT2D eigenvalue weighted by molar-refractivity contribution is 0.317. The number of ether oxygens (including phenoxy) is 1. The van der Waals surface area contributed by atoms with Crippen molar-refractivity contribution in [2.45, 2.75) is 25.8 Å². The van der Waals surface area contributed by atoms with Crippen LogP contribution in [-0.4, -0.2) is 6.61 Å². The van der Waals surface area contributed by atoms with Crippen molar-refractivity contribution < 1.29 is 4.74 Å². The monoisotopic (exact) mass is 381 g/mol. The molecule has 0 fully saturated rings. The molecular weight excluding hydrogens is 361 g/mol. The zero-order valence-corrected chi connectivity index (χ0v) is 13.8. The Bertz CT molecular complexity index is 539. The van der Waals surface area contributed by atoms with E-state index in [9.17, 15) is 0 Å². The molecule has 1 atom stereocenters. The van der Waals surface area contributed by atoms with E-state index in [2.05, 4.69) is 59.8 Å². The molecule has 2 nitrogen and oxygen atoms in total. The van der Waals surface area contributed by atoms with Crippen molar-refractivity contribution in [2.24, 2.45) is 5.73 Å². The van der Waals surface area contributed by atoms with Crippen LogP contribution >= 0.6 is 22.6 Å². The second kappa shape index (κ2) is 7.64. The Labute approximate surface area is 134 Å². The third kappa shape index (κ3) is 4.49. The molecule has 0 aliphatic heterocycles. The molecule has 3 heteroatoms. The molecule has 1 unspecified atom stereocenters. The predicted octanol–water partition coefficient (Wildman–Crippen LogP) is 4.32. The molecule has 2 aromatic rings. The summed E-state index contributed by atoms with van der Waals surface area (Å²) in [5, 5.41) is 0. The van der Waals surface area contributed by atoms with Crippen LogP contribution in [0.2, 0.25) is 0 Å². The minimum Gasteiger partial charge on any atom is -0.494 e. The van der Waals surface area contributed by atoms with Crippen LogP contribution in [0.3, 0.4) is 0 Å². The third-order valence-electron chi connectivity index (χ3n) is 3.13. The number of hydrogen-bond donors (Lipinski definition) is 1. The molecule has 0 bridgehead atoms. The lowest BCUT2D eigenvalue weighted by Crippen LogP contribution is -2.13. The quantitative estimate of drug-likeness (QED) is 0.757. The highest BCUT2D eigenvalue weighted by Gasteiger charge is 2.08. The van der Waals surface area contributed by atoms with Crippen molar-refractivity contribution in [3.63, 3.8) is 0 Å². The van der Waals surface area contributed by atoms with Crippen LogP contribution in [0.25, 0.3) is 0 Å². The Kier molecular flexibility index (Phi) is 5.86. The van der Waals surface area contributed by atoms with Crippen molar-refractivity contribution in [2.75, 3.05) is 6.61 Å². The molecule has 0 spiro atoms. The second-order valence-electron chi connectivity index (χ2n) is 4.86. The van der Waals surface area contributed by atoms with Gasteiger partial charge in [-0.15, -0.1) is 0 Å². The van der Waals surface area contributed by atoms with Gasteiger partial charge in [-0.3, -0.25) is 0 Å². The van der Waals surface area contributed by atoms with Gasteiger partial charge >= 0.3 is 0 Å². The first-order valence-electron chi connectivity index (χ1n) is 6.92. The van der Waals surface area contributed by atoms with Crippen LogP contribution in [0.1, 0.15) is 30.5 Å². The van der Waals surface area contributed by atoms with Crippen molar-refractivity contribution in [1.29, 1.82) is 0 Å². The van der Waals surface area contributed by atoms with Crippen LogP contribution in [0.5, 0.6) is 5.75 Å². The second-order valence-corrected chi connectivity index (χ2v) is 6.10. The molecule has 20 heavy (non-hydrogen) atoms. The topological polar surface area (TPSA) is 35.2 Å². The smallest absolute Gasteiger partial charge is 0.119 e. The first-order valence-corrected chi connectivity index (χ1v) is 7.99. The van der Waals surface area contributed by atoms with Gasteiger partial charge in [-0.25, -0.2) is 0 Å². The molecule has 0 saturated carbocycles. The summed E-state index contributed by atoms with van der Waals surface area (Å²) in [4.78, 5) is 0. The molecule has 0 saturated heterocycles. The Morgan fingerprint density at radius 1 is 1.15 bits per heavy atom. The zero-order chi connectivity index (χ0) is 14.4. The van der Waals surface area contributed by atoms with Gasteiger partial charge in [0.1, 0.15) is 5.75 Å². The molecule has 2 aromatic carbocycles. The van der Waals surface area contributed by atoms with Gasteiger partial charge in [0.05, 0.1) is 6.61 Å². The van der Waals surface area contributed by atoms with Crippen molar-refractivity contribution in [3.05, 3.63) is 63.2 Å². The lowest BCUT2D eigenvalue weighted by Gasteiger charge is -2.14. The van der Waals surface area contributed by atoms with Gasteiger partial charge < -0.3 is 10.5 Å². The van der Waals surface area contributed by atoms with Gasteiger partial charge in [0.15, 0.2) is 0 Å². The van der Waals surface area contributed by atoms with E-state index in [4.69, 9.17) is 10.5 Å². The average molecular weight is 381 g/mol.